The third-order valence-electron chi connectivity index (χ3n) is 2.93. The number of hydrogen-bond donors (Lipinski definition) is 1. The van der Waals surface area contributed by atoms with Gasteiger partial charge in [0, 0.05) is 10.8 Å². The number of fused-ring (bicyclic) bond motifs is 2. The van der Waals surface area contributed by atoms with Gasteiger partial charge < -0.3 is 10.7 Å². The third kappa shape index (κ3) is 3.07. The van der Waals surface area contributed by atoms with Crippen LogP contribution in [0.3, 0.4) is 0 Å². The SMILES string of the molecule is O=C(O)S(=O)(=O)Oc1cccc2nc3ccccc3cc12.[H-].[Na+]. The minimum Gasteiger partial charge on any atom is -1.00 e. The Bertz CT molecular complexity index is 977. The third-order valence-corrected chi connectivity index (χ3v) is 3.76. The number of para-hydroxylation sites is 1. The zero-order chi connectivity index (χ0) is 15.0. The molecule has 6 nitrogen and oxygen atoms in total. The Morgan fingerprint density at radius 3 is 2.50 bits per heavy atom. The van der Waals surface area contributed by atoms with Crippen LogP contribution in [0, 0.1) is 0 Å². The van der Waals surface area contributed by atoms with E-state index in [0.29, 0.717) is 10.9 Å². The maximum absolute atomic E-state index is 11.4. The second-order valence-electron chi connectivity index (χ2n) is 4.31. The van der Waals surface area contributed by atoms with Crippen molar-refractivity contribution in [3.8, 4) is 5.75 Å². The molecule has 0 bridgehead atoms. The summed E-state index contributed by atoms with van der Waals surface area (Å²) < 4.78 is 27.4. The summed E-state index contributed by atoms with van der Waals surface area (Å²) >= 11 is 0. The second-order valence-corrected chi connectivity index (χ2v) is 5.73. The molecule has 3 rings (SSSR count). The maximum atomic E-state index is 11.4. The van der Waals surface area contributed by atoms with Crippen LogP contribution in [0.2, 0.25) is 0 Å². The average Bonchev–Trinajstić information content (AvgIpc) is 2.45. The largest absolute Gasteiger partial charge is 1.00 e. The van der Waals surface area contributed by atoms with Gasteiger partial charge >= 0.3 is 45.0 Å². The first-order chi connectivity index (χ1) is 9.97. The van der Waals surface area contributed by atoms with Crippen molar-refractivity contribution in [1.29, 1.82) is 0 Å². The molecule has 0 aliphatic heterocycles. The fourth-order valence-electron chi connectivity index (χ4n) is 2.00. The molecule has 0 aliphatic rings. The molecule has 0 atom stereocenters. The van der Waals surface area contributed by atoms with Crippen LogP contribution in [-0.4, -0.2) is 23.8 Å². The molecule has 0 saturated heterocycles. The topological polar surface area (TPSA) is 93.6 Å². The van der Waals surface area contributed by atoms with Crippen LogP contribution >= 0.6 is 0 Å². The molecule has 0 amide bonds. The summed E-state index contributed by atoms with van der Waals surface area (Å²) in [5, 5.41) is 7.82. The molecule has 1 aromatic heterocycles. The molecule has 1 heterocycles. The molecular formula is C14H10NNaO5S. The predicted molar refractivity (Wildman–Crippen MR) is 77.9 cm³/mol. The fourth-order valence-corrected chi connectivity index (χ4v) is 2.45. The van der Waals surface area contributed by atoms with Gasteiger partial charge in [0.25, 0.3) is 0 Å². The Hall–Kier alpha value is -1.67. The maximum Gasteiger partial charge on any atom is 1.00 e. The monoisotopic (exact) mass is 327 g/mol. The summed E-state index contributed by atoms with van der Waals surface area (Å²) in [6.45, 7) is 0. The molecule has 0 fully saturated rings. The predicted octanol–water partition coefficient (Wildman–Crippen LogP) is -0.109. The Morgan fingerprint density at radius 1 is 1.09 bits per heavy atom. The molecule has 0 saturated carbocycles. The summed E-state index contributed by atoms with van der Waals surface area (Å²) in [6.07, 6.45) is 0. The second kappa shape index (κ2) is 6.21. The van der Waals surface area contributed by atoms with E-state index in [4.69, 9.17) is 5.11 Å². The Morgan fingerprint density at radius 2 is 1.77 bits per heavy atom. The van der Waals surface area contributed by atoms with E-state index in [1.165, 1.54) is 6.07 Å². The fraction of sp³-hybridized carbons (Fsp3) is 0. The van der Waals surface area contributed by atoms with Crippen molar-refractivity contribution in [2.45, 2.75) is 0 Å². The van der Waals surface area contributed by atoms with Gasteiger partial charge in [-0.1, -0.05) is 24.3 Å². The standard InChI is InChI=1S/C14H9NO5S.Na.H/c16-14(17)21(18,19)20-13-7-3-6-12-10(13)8-9-4-1-2-5-11(9)15-12;;/h1-8H,(H,16,17);;/q;+1;-1. The molecular weight excluding hydrogens is 317 g/mol. The van der Waals surface area contributed by atoms with E-state index in [1.807, 2.05) is 24.3 Å². The van der Waals surface area contributed by atoms with Gasteiger partial charge in [0.15, 0.2) is 5.75 Å². The van der Waals surface area contributed by atoms with Gasteiger partial charge in [-0.25, -0.2) is 9.78 Å². The summed E-state index contributed by atoms with van der Waals surface area (Å²) in [5.74, 6) is -0.0619. The van der Waals surface area contributed by atoms with Gasteiger partial charge in [-0.3, -0.25) is 0 Å². The first-order valence-corrected chi connectivity index (χ1v) is 7.34. The molecule has 1 N–H and O–H groups in total. The van der Waals surface area contributed by atoms with Gasteiger partial charge in [-0.15, -0.1) is 0 Å². The van der Waals surface area contributed by atoms with Gasteiger partial charge in [0.05, 0.1) is 11.0 Å². The van der Waals surface area contributed by atoms with Crippen molar-refractivity contribution in [3.05, 3.63) is 48.5 Å². The normalized spacial score (nSPS) is 11.1. The van der Waals surface area contributed by atoms with Crippen molar-refractivity contribution in [1.82, 2.24) is 4.98 Å². The van der Waals surface area contributed by atoms with Crippen LogP contribution < -0.4 is 33.7 Å². The van der Waals surface area contributed by atoms with Crippen molar-refractivity contribution < 1.29 is 53.5 Å². The van der Waals surface area contributed by atoms with Crippen LogP contribution in [0.15, 0.2) is 48.5 Å². The van der Waals surface area contributed by atoms with Crippen LogP contribution in [0.5, 0.6) is 5.75 Å². The van der Waals surface area contributed by atoms with Gasteiger partial charge in [-0.2, -0.15) is 8.42 Å². The average molecular weight is 327 g/mol. The molecule has 2 aromatic carbocycles. The van der Waals surface area contributed by atoms with Crippen molar-refractivity contribution >= 4 is 37.2 Å². The van der Waals surface area contributed by atoms with Crippen molar-refractivity contribution in [2.24, 2.45) is 0 Å². The number of aromatic nitrogens is 1. The molecule has 108 valence electrons. The van der Waals surface area contributed by atoms with E-state index in [1.54, 1.807) is 18.2 Å². The Balaban J connectivity index is 0.00000132. The van der Waals surface area contributed by atoms with Crippen LogP contribution in [0.25, 0.3) is 21.8 Å². The quantitative estimate of drug-likeness (QED) is 0.401. The van der Waals surface area contributed by atoms with Gasteiger partial charge in [0.2, 0.25) is 0 Å². The van der Waals surface area contributed by atoms with Gasteiger partial charge in [0.1, 0.15) is 0 Å². The minimum absolute atomic E-state index is 0. The first kappa shape index (κ1) is 16.7. The van der Waals surface area contributed by atoms with E-state index in [0.717, 1.165) is 10.9 Å². The Kier molecular flexibility index (Phi) is 4.72. The molecule has 0 aliphatic carbocycles. The number of pyridine rings is 1. The van der Waals surface area contributed by atoms with Crippen LogP contribution in [-0.2, 0) is 10.1 Å². The smallest absolute Gasteiger partial charge is 1.00 e. The minimum atomic E-state index is -4.71. The Labute approximate surface area is 149 Å². The van der Waals surface area contributed by atoms with E-state index < -0.39 is 15.4 Å². The molecule has 0 unspecified atom stereocenters. The molecule has 0 spiro atoms. The summed E-state index contributed by atoms with van der Waals surface area (Å²) in [7, 11) is -4.71. The first-order valence-electron chi connectivity index (χ1n) is 5.93. The van der Waals surface area contributed by atoms with Crippen molar-refractivity contribution in [3.63, 3.8) is 0 Å². The van der Waals surface area contributed by atoms with E-state index in [2.05, 4.69) is 9.17 Å². The summed E-state index contributed by atoms with van der Waals surface area (Å²) in [6, 6.07) is 13.7. The van der Waals surface area contributed by atoms with Crippen molar-refractivity contribution in [2.75, 3.05) is 0 Å². The molecule has 8 heteroatoms. The number of benzene rings is 2. The molecule has 3 aromatic rings. The molecule has 0 radical (unpaired) electrons. The number of hydrogen-bond acceptors (Lipinski definition) is 5. The summed E-state index contributed by atoms with van der Waals surface area (Å²) in [5.41, 5.74) is 1.27. The van der Waals surface area contributed by atoms with E-state index in [-0.39, 0.29) is 36.7 Å². The summed E-state index contributed by atoms with van der Waals surface area (Å²) in [4.78, 5) is 15.0. The van der Waals surface area contributed by atoms with Gasteiger partial charge in [-0.05, 0) is 24.3 Å². The number of nitrogens with zero attached hydrogens (tertiary/aromatic N) is 1. The zero-order valence-electron chi connectivity index (χ0n) is 12.6. The van der Waals surface area contributed by atoms with Crippen LogP contribution in [0.1, 0.15) is 1.43 Å². The van der Waals surface area contributed by atoms with E-state index in [9.17, 15) is 13.2 Å². The van der Waals surface area contributed by atoms with E-state index >= 15 is 0 Å². The number of carbonyl (C=O) groups is 1. The number of carboxylic acid groups (broad SMARTS) is 1. The number of rotatable bonds is 2. The van der Waals surface area contributed by atoms with Crippen LogP contribution in [0.4, 0.5) is 4.79 Å². The zero-order valence-corrected chi connectivity index (χ0v) is 14.4. The molecule has 22 heavy (non-hydrogen) atoms.